The van der Waals surface area contributed by atoms with Crippen LogP contribution >= 0.6 is 15.9 Å². The van der Waals surface area contributed by atoms with Crippen LogP contribution in [0.25, 0.3) is 0 Å². The van der Waals surface area contributed by atoms with Gasteiger partial charge in [-0.1, -0.05) is 28.1 Å². The number of carbonyl (C=O) groups excluding carboxylic acids is 1. The van der Waals surface area contributed by atoms with E-state index >= 15 is 0 Å². The first-order valence-electron chi connectivity index (χ1n) is 6.97. The Kier molecular flexibility index (Phi) is 5.74. The molecular weight excluding hydrogens is 394 g/mol. The molecule has 2 aromatic carbocycles. The van der Waals surface area contributed by atoms with Gasteiger partial charge in [-0.25, -0.2) is 0 Å². The summed E-state index contributed by atoms with van der Waals surface area (Å²) >= 11 is 3.26. The lowest BCUT2D eigenvalue weighted by atomic mass is 10.1. The lowest BCUT2D eigenvalue weighted by Gasteiger charge is -2.07. The molecule has 2 aromatic rings. The van der Waals surface area contributed by atoms with E-state index < -0.39 is 10.0 Å². The van der Waals surface area contributed by atoms with Crippen molar-refractivity contribution in [3.05, 3.63) is 58.6 Å². The SMILES string of the molecule is CC(=O)Nc1cccc(C(C)=NNS(=O)(=O)c2ccc(Br)cc2)c1. The fourth-order valence-electron chi connectivity index (χ4n) is 1.88. The van der Waals surface area contributed by atoms with Crippen molar-refractivity contribution < 1.29 is 13.2 Å². The van der Waals surface area contributed by atoms with E-state index in [1.54, 1.807) is 43.3 Å². The van der Waals surface area contributed by atoms with Crippen LogP contribution < -0.4 is 10.1 Å². The second-order valence-corrected chi connectivity index (χ2v) is 7.58. The highest BCUT2D eigenvalue weighted by Gasteiger charge is 2.12. The number of anilines is 1. The number of sulfonamides is 1. The molecule has 1 amide bonds. The number of halogens is 1. The largest absolute Gasteiger partial charge is 0.326 e. The summed E-state index contributed by atoms with van der Waals surface area (Å²) in [5.74, 6) is -0.183. The molecule has 0 aliphatic rings. The predicted octanol–water partition coefficient (Wildman–Crippen LogP) is 3.11. The van der Waals surface area contributed by atoms with Crippen LogP contribution in [0.5, 0.6) is 0 Å². The Morgan fingerprint density at radius 3 is 2.38 bits per heavy atom. The first kappa shape index (κ1) is 18.2. The van der Waals surface area contributed by atoms with Crippen molar-refractivity contribution in [2.45, 2.75) is 18.7 Å². The number of benzene rings is 2. The Balaban J connectivity index is 2.19. The molecule has 0 saturated heterocycles. The summed E-state index contributed by atoms with van der Waals surface area (Å²) in [6.07, 6.45) is 0. The molecule has 0 unspecified atom stereocenters. The fourth-order valence-corrected chi connectivity index (χ4v) is 3.01. The topological polar surface area (TPSA) is 87.6 Å². The number of hydrogen-bond donors (Lipinski definition) is 2. The van der Waals surface area contributed by atoms with Crippen LogP contribution in [0, 0.1) is 0 Å². The molecule has 6 nitrogen and oxygen atoms in total. The first-order valence-corrected chi connectivity index (χ1v) is 9.25. The van der Waals surface area contributed by atoms with Crippen molar-refractivity contribution in [3.8, 4) is 0 Å². The number of amides is 1. The Hall–Kier alpha value is -2.19. The van der Waals surface area contributed by atoms with E-state index in [9.17, 15) is 13.2 Å². The van der Waals surface area contributed by atoms with Gasteiger partial charge < -0.3 is 5.32 Å². The molecular formula is C16H16BrN3O3S. The second-order valence-electron chi connectivity index (χ2n) is 5.01. The molecule has 8 heteroatoms. The molecule has 24 heavy (non-hydrogen) atoms. The molecule has 126 valence electrons. The highest BCUT2D eigenvalue weighted by atomic mass is 79.9. The highest BCUT2D eigenvalue weighted by molar-refractivity contribution is 9.10. The van der Waals surface area contributed by atoms with E-state index in [-0.39, 0.29) is 10.8 Å². The molecule has 0 aliphatic carbocycles. The van der Waals surface area contributed by atoms with Gasteiger partial charge in [0.15, 0.2) is 0 Å². The molecule has 2 N–H and O–H groups in total. The Morgan fingerprint density at radius 1 is 1.08 bits per heavy atom. The normalized spacial score (nSPS) is 11.9. The summed E-state index contributed by atoms with van der Waals surface area (Å²) in [4.78, 5) is 13.4. The monoisotopic (exact) mass is 409 g/mol. The Morgan fingerprint density at radius 2 is 1.75 bits per heavy atom. The zero-order valence-electron chi connectivity index (χ0n) is 13.1. The molecule has 0 bridgehead atoms. The minimum atomic E-state index is -3.74. The van der Waals surface area contributed by atoms with Crippen LogP contribution in [-0.4, -0.2) is 20.0 Å². The van der Waals surface area contributed by atoms with Gasteiger partial charge in [0.1, 0.15) is 0 Å². The zero-order valence-corrected chi connectivity index (χ0v) is 15.5. The summed E-state index contributed by atoms with van der Waals surface area (Å²) < 4.78 is 25.2. The van der Waals surface area contributed by atoms with Crippen molar-refractivity contribution in [2.24, 2.45) is 5.10 Å². The maximum absolute atomic E-state index is 12.2. The number of nitrogens with one attached hydrogen (secondary N) is 2. The van der Waals surface area contributed by atoms with Gasteiger partial charge in [0.2, 0.25) is 5.91 Å². The van der Waals surface area contributed by atoms with E-state index in [2.05, 4.69) is 31.2 Å². The Labute approximate surface area is 149 Å². The Bertz CT molecular complexity index is 878. The summed E-state index contributed by atoms with van der Waals surface area (Å²) in [5, 5.41) is 6.61. The third-order valence-corrected chi connectivity index (χ3v) is 4.81. The van der Waals surface area contributed by atoms with Crippen LogP contribution in [0.15, 0.2) is 63.0 Å². The zero-order chi connectivity index (χ0) is 17.7. The number of hydrogen-bond acceptors (Lipinski definition) is 4. The fraction of sp³-hybridized carbons (Fsp3) is 0.125. The molecule has 0 aromatic heterocycles. The van der Waals surface area contributed by atoms with Gasteiger partial charge in [-0.15, -0.1) is 0 Å². The van der Waals surface area contributed by atoms with Crippen molar-refractivity contribution in [1.82, 2.24) is 4.83 Å². The predicted molar refractivity (Wildman–Crippen MR) is 97.4 cm³/mol. The quantitative estimate of drug-likeness (QED) is 0.587. The number of hydrazone groups is 1. The molecule has 0 atom stereocenters. The molecule has 0 aliphatic heterocycles. The van der Waals surface area contributed by atoms with Gasteiger partial charge in [-0.05, 0) is 48.9 Å². The van der Waals surface area contributed by atoms with Crippen molar-refractivity contribution >= 4 is 43.3 Å². The van der Waals surface area contributed by atoms with Crippen molar-refractivity contribution in [2.75, 3.05) is 5.32 Å². The summed E-state index contributed by atoms with van der Waals surface area (Å²) in [7, 11) is -3.74. The van der Waals surface area contributed by atoms with Gasteiger partial charge in [-0.3, -0.25) is 4.79 Å². The molecule has 2 rings (SSSR count). The number of carbonyl (C=O) groups is 1. The van der Waals surface area contributed by atoms with E-state index in [1.807, 2.05) is 0 Å². The smallest absolute Gasteiger partial charge is 0.276 e. The standard InChI is InChI=1S/C16H16BrN3O3S/c1-11(13-4-3-5-15(10-13)18-12(2)21)19-20-24(22,23)16-8-6-14(17)7-9-16/h3-10,20H,1-2H3,(H,18,21). The van der Waals surface area contributed by atoms with Crippen molar-refractivity contribution in [3.63, 3.8) is 0 Å². The minimum Gasteiger partial charge on any atom is -0.326 e. The average molecular weight is 410 g/mol. The first-order chi connectivity index (χ1) is 11.3. The van der Waals surface area contributed by atoms with E-state index in [1.165, 1.54) is 19.1 Å². The van der Waals surface area contributed by atoms with E-state index in [0.29, 0.717) is 17.0 Å². The second kappa shape index (κ2) is 7.59. The van der Waals surface area contributed by atoms with Gasteiger partial charge in [-0.2, -0.15) is 18.4 Å². The molecule has 0 saturated carbocycles. The lowest BCUT2D eigenvalue weighted by Crippen LogP contribution is -2.20. The van der Waals surface area contributed by atoms with Gasteiger partial charge in [0, 0.05) is 17.1 Å². The third-order valence-electron chi connectivity index (χ3n) is 3.06. The maximum atomic E-state index is 12.2. The van der Waals surface area contributed by atoms with Gasteiger partial charge >= 0.3 is 0 Å². The molecule has 0 heterocycles. The van der Waals surface area contributed by atoms with Crippen LogP contribution in [0.1, 0.15) is 19.4 Å². The number of rotatable bonds is 5. The number of nitrogens with zero attached hydrogens (tertiary/aromatic N) is 1. The van der Waals surface area contributed by atoms with Crippen LogP contribution in [0.3, 0.4) is 0 Å². The van der Waals surface area contributed by atoms with Crippen molar-refractivity contribution in [1.29, 1.82) is 0 Å². The van der Waals surface area contributed by atoms with Crippen LogP contribution in [0.4, 0.5) is 5.69 Å². The van der Waals surface area contributed by atoms with Gasteiger partial charge in [0.05, 0.1) is 10.6 Å². The maximum Gasteiger partial charge on any atom is 0.276 e. The lowest BCUT2D eigenvalue weighted by molar-refractivity contribution is -0.114. The minimum absolute atomic E-state index is 0.120. The summed E-state index contributed by atoms with van der Waals surface area (Å²) in [6, 6.07) is 13.2. The molecule has 0 spiro atoms. The average Bonchev–Trinajstić information content (AvgIpc) is 2.53. The summed E-state index contributed by atoms with van der Waals surface area (Å²) in [5.41, 5.74) is 1.79. The van der Waals surface area contributed by atoms with E-state index in [4.69, 9.17) is 0 Å². The van der Waals surface area contributed by atoms with E-state index in [0.717, 1.165) is 4.47 Å². The highest BCUT2D eigenvalue weighted by Crippen LogP contribution is 2.15. The molecule has 0 fully saturated rings. The van der Waals surface area contributed by atoms with Gasteiger partial charge in [0.25, 0.3) is 10.0 Å². The molecule has 0 radical (unpaired) electrons. The summed E-state index contributed by atoms with van der Waals surface area (Å²) in [6.45, 7) is 3.09. The third kappa shape index (κ3) is 4.90. The van der Waals surface area contributed by atoms with Crippen LogP contribution in [0.2, 0.25) is 0 Å². The van der Waals surface area contributed by atoms with Crippen LogP contribution in [-0.2, 0) is 14.8 Å².